The lowest BCUT2D eigenvalue weighted by Gasteiger charge is -2.15. The summed E-state index contributed by atoms with van der Waals surface area (Å²) in [6, 6.07) is 16.4. The van der Waals surface area contributed by atoms with Gasteiger partial charge in [-0.25, -0.2) is 13.4 Å². The van der Waals surface area contributed by atoms with Gasteiger partial charge < -0.3 is 9.14 Å². The minimum atomic E-state index is -3.98. The Bertz CT molecular complexity index is 1480. The van der Waals surface area contributed by atoms with Crippen LogP contribution >= 0.6 is 0 Å². The van der Waals surface area contributed by atoms with Gasteiger partial charge in [-0.2, -0.15) is 0 Å². The first-order valence-electron chi connectivity index (χ1n) is 10.5. The predicted octanol–water partition coefficient (Wildman–Crippen LogP) is 3.46. The number of benzene rings is 2. The van der Waals surface area contributed by atoms with Crippen LogP contribution in [-0.2, 0) is 19.6 Å². The smallest absolute Gasteiger partial charge is 0.262 e. The van der Waals surface area contributed by atoms with Crippen molar-refractivity contribution in [3.05, 3.63) is 73.1 Å². The van der Waals surface area contributed by atoms with Gasteiger partial charge in [0.2, 0.25) is 11.8 Å². The summed E-state index contributed by atoms with van der Waals surface area (Å²) in [5, 5.41) is 0. The Kier molecular flexibility index (Phi) is 5.29. The number of anilines is 2. The molecule has 0 saturated carbocycles. The quantitative estimate of drug-likeness (QED) is 0.427. The van der Waals surface area contributed by atoms with Gasteiger partial charge >= 0.3 is 0 Å². The Balaban J connectivity index is 1.45. The van der Waals surface area contributed by atoms with Gasteiger partial charge in [0.15, 0.2) is 0 Å². The van der Waals surface area contributed by atoms with Gasteiger partial charge in [0.25, 0.3) is 10.0 Å². The fourth-order valence-electron chi connectivity index (χ4n) is 3.86. The molecule has 2 aromatic heterocycles. The number of imidazole rings is 1. The van der Waals surface area contributed by atoms with Crippen molar-refractivity contribution in [3.8, 4) is 17.0 Å². The third-order valence-corrected chi connectivity index (χ3v) is 6.94. The molecule has 4 aromatic rings. The average Bonchev–Trinajstić information content (AvgIpc) is 3.41. The highest BCUT2D eigenvalue weighted by molar-refractivity contribution is 7.92. The Morgan fingerprint density at radius 1 is 0.971 bits per heavy atom. The van der Waals surface area contributed by atoms with E-state index in [-0.39, 0.29) is 35.2 Å². The highest BCUT2D eigenvalue weighted by Gasteiger charge is 2.30. The van der Waals surface area contributed by atoms with Crippen LogP contribution < -0.4 is 14.4 Å². The Labute approximate surface area is 195 Å². The van der Waals surface area contributed by atoms with Gasteiger partial charge in [-0.15, -0.1) is 0 Å². The van der Waals surface area contributed by atoms with E-state index in [0.717, 1.165) is 10.5 Å². The van der Waals surface area contributed by atoms with E-state index < -0.39 is 10.0 Å². The van der Waals surface area contributed by atoms with Crippen LogP contribution in [0.4, 0.5) is 11.4 Å². The zero-order chi connectivity index (χ0) is 23.9. The van der Waals surface area contributed by atoms with Gasteiger partial charge in [-0.05, 0) is 54.6 Å². The van der Waals surface area contributed by atoms with Crippen molar-refractivity contribution in [3.63, 3.8) is 0 Å². The standard InChI is InChI=1S/C24H20N4O5S/c1-33-21-10-5-16(20-15-27-13-3-2-4-22(27)25-20)14-19(21)26-34(31,32)18-8-6-17(7-9-18)28-23(29)11-12-24(28)30/h2-10,13-15,26H,11-12H2,1H3. The molecular formula is C24H20N4O5S. The number of hydrogen-bond acceptors (Lipinski definition) is 6. The van der Waals surface area contributed by atoms with Crippen molar-refractivity contribution in [1.82, 2.24) is 9.38 Å². The monoisotopic (exact) mass is 476 g/mol. The van der Waals surface area contributed by atoms with Crippen LogP contribution in [0.3, 0.4) is 0 Å². The molecule has 10 heteroatoms. The number of carbonyl (C=O) groups is 2. The third kappa shape index (κ3) is 3.88. The number of nitrogens with zero attached hydrogens (tertiary/aromatic N) is 3. The Morgan fingerprint density at radius 3 is 2.38 bits per heavy atom. The molecule has 1 N–H and O–H groups in total. The van der Waals surface area contributed by atoms with Crippen molar-refractivity contribution in [1.29, 1.82) is 0 Å². The lowest BCUT2D eigenvalue weighted by Crippen LogP contribution is -2.28. The fraction of sp³-hybridized carbons (Fsp3) is 0.125. The summed E-state index contributed by atoms with van der Waals surface area (Å²) in [7, 11) is -2.53. The molecule has 0 unspecified atom stereocenters. The van der Waals surface area contributed by atoms with Gasteiger partial charge in [0, 0.05) is 30.8 Å². The van der Waals surface area contributed by atoms with Crippen LogP contribution in [0.5, 0.6) is 5.75 Å². The summed E-state index contributed by atoms with van der Waals surface area (Å²) in [6.45, 7) is 0. The predicted molar refractivity (Wildman–Crippen MR) is 126 cm³/mol. The molecule has 172 valence electrons. The number of fused-ring (bicyclic) bond motifs is 1. The second-order valence-electron chi connectivity index (χ2n) is 7.73. The number of amides is 2. The van der Waals surface area contributed by atoms with Crippen LogP contribution in [0.1, 0.15) is 12.8 Å². The van der Waals surface area contributed by atoms with E-state index in [0.29, 0.717) is 22.7 Å². The zero-order valence-corrected chi connectivity index (χ0v) is 19.0. The molecule has 0 radical (unpaired) electrons. The molecular weight excluding hydrogens is 456 g/mol. The first-order chi connectivity index (χ1) is 16.4. The van der Waals surface area contributed by atoms with E-state index in [1.807, 2.05) is 35.0 Å². The van der Waals surface area contributed by atoms with Crippen LogP contribution in [0.2, 0.25) is 0 Å². The second kappa shape index (κ2) is 8.31. The summed E-state index contributed by atoms with van der Waals surface area (Å²) in [5.41, 5.74) is 2.76. The molecule has 0 spiro atoms. The first-order valence-corrected chi connectivity index (χ1v) is 11.9. The summed E-state index contributed by atoms with van der Waals surface area (Å²) in [4.78, 5) is 29.5. The molecule has 1 aliphatic rings. The molecule has 0 atom stereocenters. The van der Waals surface area contributed by atoms with E-state index in [2.05, 4.69) is 9.71 Å². The van der Waals surface area contributed by atoms with E-state index in [9.17, 15) is 18.0 Å². The highest BCUT2D eigenvalue weighted by atomic mass is 32.2. The molecule has 3 heterocycles. The molecule has 34 heavy (non-hydrogen) atoms. The summed E-state index contributed by atoms with van der Waals surface area (Å²) >= 11 is 0. The lowest BCUT2D eigenvalue weighted by molar-refractivity contribution is -0.121. The van der Waals surface area contributed by atoms with Crippen molar-refractivity contribution < 1.29 is 22.7 Å². The van der Waals surface area contributed by atoms with Crippen molar-refractivity contribution in [2.45, 2.75) is 17.7 Å². The number of nitrogens with one attached hydrogen (secondary N) is 1. The van der Waals surface area contributed by atoms with Gasteiger partial charge in [-0.3, -0.25) is 19.2 Å². The number of rotatable bonds is 6. The van der Waals surface area contributed by atoms with E-state index in [1.165, 1.54) is 31.4 Å². The van der Waals surface area contributed by atoms with Gasteiger partial charge in [0.1, 0.15) is 11.4 Å². The summed E-state index contributed by atoms with van der Waals surface area (Å²) in [5.74, 6) is -0.250. The van der Waals surface area contributed by atoms with E-state index in [4.69, 9.17) is 4.74 Å². The van der Waals surface area contributed by atoms with Gasteiger partial charge in [-0.1, -0.05) is 6.07 Å². The second-order valence-corrected chi connectivity index (χ2v) is 9.41. The van der Waals surface area contributed by atoms with E-state index in [1.54, 1.807) is 18.2 Å². The summed E-state index contributed by atoms with van der Waals surface area (Å²) in [6.07, 6.45) is 4.05. The molecule has 1 fully saturated rings. The van der Waals surface area contributed by atoms with Crippen molar-refractivity contribution >= 4 is 38.9 Å². The Hall–Kier alpha value is -4.18. The lowest BCUT2D eigenvalue weighted by atomic mass is 10.1. The SMILES string of the molecule is COc1ccc(-c2cn3ccccc3n2)cc1NS(=O)(=O)c1ccc(N2C(=O)CCC2=O)cc1. The van der Waals surface area contributed by atoms with Crippen LogP contribution in [0.15, 0.2) is 78.0 Å². The molecule has 2 aromatic carbocycles. The third-order valence-electron chi connectivity index (χ3n) is 5.56. The Morgan fingerprint density at radius 2 is 1.71 bits per heavy atom. The van der Waals surface area contributed by atoms with Crippen molar-refractivity contribution in [2.24, 2.45) is 0 Å². The maximum atomic E-state index is 13.1. The largest absolute Gasteiger partial charge is 0.495 e. The number of sulfonamides is 1. The molecule has 0 bridgehead atoms. The first kappa shape index (κ1) is 21.7. The summed E-state index contributed by atoms with van der Waals surface area (Å²) < 4.78 is 36.0. The average molecular weight is 477 g/mol. The van der Waals surface area contributed by atoms with Crippen LogP contribution in [0, 0.1) is 0 Å². The van der Waals surface area contributed by atoms with E-state index >= 15 is 0 Å². The van der Waals surface area contributed by atoms with Gasteiger partial charge in [0.05, 0.1) is 29.1 Å². The maximum Gasteiger partial charge on any atom is 0.262 e. The zero-order valence-electron chi connectivity index (χ0n) is 18.1. The fourth-order valence-corrected chi connectivity index (χ4v) is 4.92. The number of hydrogen-bond donors (Lipinski definition) is 1. The molecule has 5 rings (SSSR count). The molecule has 1 saturated heterocycles. The molecule has 2 amide bonds. The number of ether oxygens (including phenoxy) is 1. The highest BCUT2D eigenvalue weighted by Crippen LogP contribution is 2.32. The maximum absolute atomic E-state index is 13.1. The topological polar surface area (TPSA) is 110 Å². The van der Waals surface area contributed by atoms with Crippen LogP contribution in [-0.4, -0.2) is 36.7 Å². The number of pyridine rings is 1. The minimum Gasteiger partial charge on any atom is -0.495 e. The van der Waals surface area contributed by atoms with Crippen LogP contribution in [0.25, 0.3) is 16.9 Å². The van der Waals surface area contributed by atoms with Crippen molar-refractivity contribution in [2.75, 3.05) is 16.7 Å². The number of carbonyl (C=O) groups excluding carboxylic acids is 2. The molecule has 0 aliphatic carbocycles. The number of aromatic nitrogens is 2. The molecule has 9 nitrogen and oxygen atoms in total. The molecule has 1 aliphatic heterocycles. The minimum absolute atomic E-state index is 0.0180. The number of imide groups is 1. The normalized spacial score (nSPS) is 14.1. The number of methoxy groups -OCH3 is 1.